The van der Waals surface area contributed by atoms with E-state index < -0.39 is 0 Å². The van der Waals surface area contributed by atoms with Crippen molar-refractivity contribution >= 4 is 11.2 Å². The number of aryl methyl sites for hydroxylation is 1. The minimum absolute atomic E-state index is 0. The summed E-state index contributed by atoms with van der Waals surface area (Å²) in [5, 5.41) is 0. The van der Waals surface area contributed by atoms with Crippen LogP contribution in [0.25, 0.3) is 11.2 Å². The minimum Gasteiger partial charge on any atom is -0.345 e. The number of rotatable bonds is 1. The maximum atomic E-state index is 4.34. The van der Waals surface area contributed by atoms with Crippen LogP contribution in [0, 0.1) is 0 Å². The third-order valence-electron chi connectivity index (χ3n) is 1.67. The molecule has 0 fully saturated rings. The van der Waals surface area contributed by atoms with Gasteiger partial charge in [0, 0.05) is 30.9 Å². The van der Waals surface area contributed by atoms with E-state index in [4.69, 9.17) is 0 Å². The molecule has 0 aromatic carbocycles. The average molecular weight is 198 g/mol. The summed E-state index contributed by atoms with van der Waals surface area (Å²) in [6.45, 7) is 2.07. The van der Waals surface area contributed by atoms with Gasteiger partial charge in [-0.15, -0.1) is 0 Å². The van der Waals surface area contributed by atoms with E-state index in [1.807, 2.05) is 18.5 Å². The summed E-state index contributed by atoms with van der Waals surface area (Å²) in [6, 6.07) is 1.92. The fourth-order valence-electron chi connectivity index (χ4n) is 1.03. The van der Waals surface area contributed by atoms with Gasteiger partial charge in [-0.25, -0.2) is 4.98 Å². The summed E-state index contributed by atoms with van der Waals surface area (Å²) in [7, 11) is 0. The predicted octanol–water partition coefficient (Wildman–Crippen LogP) is 1.52. The Labute approximate surface area is 82.5 Å². The fraction of sp³-hybridized carbons (Fsp3) is 0.250. The smallest absolute Gasteiger partial charge is 0.156 e. The van der Waals surface area contributed by atoms with Crippen LogP contribution in [-0.2, 0) is 25.0 Å². The first-order valence-corrected chi connectivity index (χ1v) is 3.69. The summed E-state index contributed by atoms with van der Waals surface area (Å²) in [5.74, 6) is 0. The Morgan fingerprint density at radius 2 is 2.33 bits per heavy atom. The molecule has 61 valence electrons. The van der Waals surface area contributed by atoms with Gasteiger partial charge in [-0.05, 0) is 12.5 Å². The van der Waals surface area contributed by atoms with Gasteiger partial charge in [-0.3, -0.25) is 4.98 Å². The predicted molar refractivity (Wildman–Crippen MR) is 43.3 cm³/mol. The van der Waals surface area contributed by atoms with Crippen LogP contribution in [0.2, 0.25) is 0 Å². The van der Waals surface area contributed by atoms with Crippen LogP contribution in [0.15, 0.2) is 18.5 Å². The van der Waals surface area contributed by atoms with E-state index in [-0.39, 0.29) is 18.6 Å². The maximum absolute atomic E-state index is 4.34. The standard InChI is InChI=1S/C8H9N3.V/c1-2-6-5-10-7-3-4-9-8(7)11-6;/h3-5H,2H2,1H3,(H,9,11);. The van der Waals surface area contributed by atoms with Crippen LogP contribution in [0.3, 0.4) is 0 Å². The molecule has 0 saturated carbocycles. The zero-order valence-electron chi connectivity index (χ0n) is 6.78. The third kappa shape index (κ3) is 1.52. The first kappa shape index (κ1) is 9.29. The largest absolute Gasteiger partial charge is 0.345 e. The summed E-state index contributed by atoms with van der Waals surface area (Å²) >= 11 is 0. The van der Waals surface area contributed by atoms with Crippen molar-refractivity contribution in [1.29, 1.82) is 0 Å². The molecule has 2 rings (SSSR count). The Kier molecular flexibility index (Phi) is 2.90. The average Bonchev–Trinajstić information content (AvgIpc) is 2.50. The summed E-state index contributed by atoms with van der Waals surface area (Å²) in [6.07, 6.45) is 4.60. The third-order valence-corrected chi connectivity index (χ3v) is 1.67. The molecule has 4 heteroatoms. The molecule has 1 N–H and O–H groups in total. The topological polar surface area (TPSA) is 41.6 Å². The summed E-state index contributed by atoms with van der Waals surface area (Å²) in [5.41, 5.74) is 2.84. The molecular weight excluding hydrogens is 189 g/mol. The van der Waals surface area contributed by atoms with Gasteiger partial charge in [0.25, 0.3) is 0 Å². The van der Waals surface area contributed by atoms with Crippen LogP contribution in [0.1, 0.15) is 12.6 Å². The van der Waals surface area contributed by atoms with Gasteiger partial charge in [-0.1, -0.05) is 6.92 Å². The van der Waals surface area contributed by atoms with Crippen molar-refractivity contribution in [2.24, 2.45) is 0 Å². The van der Waals surface area contributed by atoms with E-state index in [9.17, 15) is 0 Å². The van der Waals surface area contributed by atoms with Crippen molar-refractivity contribution in [3.8, 4) is 0 Å². The van der Waals surface area contributed by atoms with E-state index >= 15 is 0 Å². The first-order valence-electron chi connectivity index (χ1n) is 3.69. The van der Waals surface area contributed by atoms with Crippen molar-refractivity contribution in [1.82, 2.24) is 15.0 Å². The Balaban J connectivity index is 0.000000720. The molecule has 2 heterocycles. The number of aromatic nitrogens is 3. The summed E-state index contributed by atoms with van der Waals surface area (Å²) < 4.78 is 0. The molecule has 2 aromatic rings. The molecule has 0 aliphatic heterocycles. The molecule has 2 aromatic heterocycles. The minimum atomic E-state index is 0. The van der Waals surface area contributed by atoms with E-state index in [0.29, 0.717) is 0 Å². The van der Waals surface area contributed by atoms with E-state index in [1.165, 1.54) is 0 Å². The first-order chi connectivity index (χ1) is 5.40. The molecule has 0 saturated heterocycles. The van der Waals surface area contributed by atoms with Gasteiger partial charge in [-0.2, -0.15) is 0 Å². The number of aromatic amines is 1. The van der Waals surface area contributed by atoms with Crippen LogP contribution in [-0.4, -0.2) is 15.0 Å². The molecule has 12 heavy (non-hydrogen) atoms. The molecule has 0 aliphatic carbocycles. The normalized spacial score (nSPS) is 9.75. The van der Waals surface area contributed by atoms with Crippen molar-refractivity contribution < 1.29 is 18.6 Å². The van der Waals surface area contributed by atoms with E-state index in [2.05, 4.69) is 21.9 Å². The number of hydrogen-bond acceptors (Lipinski definition) is 2. The number of fused-ring (bicyclic) bond motifs is 1. The quantitative estimate of drug-likeness (QED) is 0.754. The molecule has 1 radical (unpaired) electrons. The monoisotopic (exact) mass is 198 g/mol. The number of nitrogens with one attached hydrogen (secondary N) is 1. The van der Waals surface area contributed by atoms with Gasteiger partial charge < -0.3 is 4.98 Å². The van der Waals surface area contributed by atoms with Crippen LogP contribution >= 0.6 is 0 Å². The second-order valence-electron chi connectivity index (χ2n) is 2.43. The Bertz CT molecular complexity index is 369. The zero-order chi connectivity index (χ0) is 7.68. The van der Waals surface area contributed by atoms with Gasteiger partial charge >= 0.3 is 0 Å². The molecule has 0 amide bonds. The number of hydrogen-bond donors (Lipinski definition) is 1. The van der Waals surface area contributed by atoms with E-state index in [0.717, 1.165) is 23.3 Å². The van der Waals surface area contributed by atoms with Gasteiger partial charge in [0.15, 0.2) is 5.65 Å². The molecule has 0 atom stereocenters. The molecule has 0 unspecified atom stereocenters. The molecular formula is C8H9N3V. The Morgan fingerprint density at radius 3 is 3.08 bits per heavy atom. The van der Waals surface area contributed by atoms with Gasteiger partial charge in [0.05, 0.1) is 5.69 Å². The van der Waals surface area contributed by atoms with E-state index in [1.54, 1.807) is 0 Å². The summed E-state index contributed by atoms with van der Waals surface area (Å²) in [4.78, 5) is 11.6. The molecule has 0 bridgehead atoms. The van der Waals surface area contributed by atoms with Gasteiger partial charge in [0.2, 0.25) is 0 Å². The molecule has 0 aliphatic rings. The van der Waals surface area contributed by atoms with Gasteiger partial charge in [0.1, 0.15) is 5.52 Å². The van der Waals surface area contributed by atoms with Crippen LogP contribution < -0.4 is 0 Å². The SMILES string of the molecule is CCc1cnc2cc[nH]c2n1.[V]. The van der Waals surface area contributed by atoms with Crippen molar-refractivity contribution in [3.05, 3.63) is 24.2 Å². The molecule has 3 nitrogen and oxygen atoms in total. The number of nitrogens with zero attached hydrogens (tertiary/aromatic N) is 2. The second kappa shape index (κ2) is 3.74. The van der Waals surface area contributed by atoms with Crippen molar-refractivity contribution in [2.45, 2.75) is 13.3 Å². The number of H-pyrrole nitrogens is 1. The second-order valence-corrected chi connectivity index (χ2v) is 2.43. The van der Waals surface area contributed by atoms with Crippen molar-refractivity contribution in [2.75, 3.05) is 0 Å². The zero-order valence-corrected chi connectivity index (χ0v) is 8.18. The Morgan fingerprint density at radius 1 is 1.50 bits per heavy atom. The van der Waals surface area contributed by atoms with Crippen LogP contribution in [0.4, 0.5) is 0 Å². The van der Waals surface area contributed by atoms with Crippen LogP contribution in [0.5, 0.6) is 0 Å². The Hall–Kier alpha value is -0.796. The molecule has 0 spiro atoms. The van der Waals surface area contributed by atoms with Crippen molar-refractivity contribution in [3.63, 3.8) is 0 Å². The fourth-order valence-corrected chi connectivity index (χ4v) is 1.03. The maximum Gasteiger partial charge on any atom is 0.156 e.